The van der Waals surface area contributed by atoms with Crippen LogP contribution in [0.5, 0.6) is 0 Å². The summed E-state index contributed by atoms with van der Waals surface area (Å²) in [4.78, 5) is 9.10. The fourth-order valence-corrected chi connectivity index (χ4v) is 7.16. The van der Waals surface area contributed by atoms with Crippen LogP contribution in [0.25, 0.3) is 66.7 Å². The fraction of sp³-hybridized carbons (Fsp3) is 0.130. The van der Waals surface area contributed by atoms with Gasteiger partial charge in [0.25, 0.3) is 0 Å². The molecule has 0 bridgehead atoms. The number of rotatable bonds is 6. The first kappa shape index (κ1) is 35.9. The Morgan fingerprint density at radius 1 is 0.647 bits per heavy atom. The van der Waals surface area contributed by atoms with Crippen molar-refractivity contribution >= 4 is 35.2 Å². The Labute approximate surface area is 315 Å². The van der Waals surface area contributed by atoms with Crippen molar-refractivity contribution in [3.63, 3.8) is 0 Å². The van der Waals surface area contributed by atoms with Gasteiger partial charge in [-0.05, 0) is 62.3 Å². The van der Waals surface area contributed by atoms with Gasteiger partial charge in [-0.3, -0.25) is 0 Å². The van der Waals surface area contributed by atoms with Crippen LogP contribution in [0.4, 0.5) is 0 Å². The number of hydrogen-bond donors (Lipinski definition) is 0. The second-order valence-electron chi connectivity index (χ2n) is 13.9. The van der Waals surface area contributed by atoms with Crippen molar-refractivity contribution in [1.29, 1.82) is 0 Å². The van der Waals surface area contributed by atoms with Crippen molar-refractivity contribution in [3.05, 3.63) is 164 Å². The van der Waals surface area contributed by atoms with Gasteiger partial charge in [0.1, 0.15) is 5.58 Å². The quantitative estimate of drug-likeness (QED) is 0.124. The number of hydrogen-bond acceptors (Lipinski definition) is 3. The molecule has 8 aromatic rings. The van der Waals surface area contributed by atoms with Crippen molar-refractivity contribution in [2.45, 2.75) is 39.4 Å². The minimum absolute atomic E-state index is 0. The summed E-state index contributed by atoms with van der Waals surface area (Å²) >= 11 is 0. The average Bonchev–Trinajstić information content (AvgIpc) is 3.54. The molecule has 0 amide bonds. The fourth-order valence-electron chi connectivity index (χ4n) is 6.12. The van der Waals surface area contributed by atoms with Crippen LogP contribution in [0, 0.1) is 12.1 Å². The number of pyridine rings is 2. The van der Waals surface area contributed by atoms with Gasteiger partial charge in [-0.25, -0.2) is 0 Å². The van der Waals surface area contributed by atoms with Crippen LogP contribution < -0.4 is 5.19 Å². The number of furan rings is 1. The first-order valence-electron chi connectivity index (χ1n) is 17.2. The van der Waals surface area contributed by atoms with E-state index in [9.17, 15) is 0 Å². The smallest absolute Gasteiger partial charge is 0.124 e. The Balaban J connectivity index is 0.000000222. The molecule has 3 aromatic heterocycles. The van der Waals surface area contributed by atoms with E-state index in [1.807, 2.05) is 48.8 Å². The maximum Gasteiger partial charge on any atom is 0.124 e. The van der Waals surface area contributed by atoms with Gasteiger partial charge in [-0.1, -0.05) is 135 Å². The van der Waals surface area contributed by atoms with Gasteiger partial charge in [-0.15, -0.1) is 53.6 Å². The third-order valence-corrected chi connectivity index (χ3v) is 11.1. The summed E-state index contributed by atoms with van der Waals surface area (Å²) in [6, 6.07) is 52.8. The summed E-state index contributed by atoms with van der Waals surface area (Å²) in [6.45, 7) is 11.4. The summed E-state index contributed by atoms with van der Waals surface area (Å²) < 4.78 is 6.26. The van der Waals surface area contributed by atoms with Gasteiger partial charge < -0.3 is 14.4 Å². The van der Waals surface area contributed by atoms with Gasteiger partial charge in [0, 0.05) is 32.5 Å². The van der Waals surface area contributed by atoms with E-state index in [2.05, 4.69) is 153 Å². The molecule has 5 aromatic carbocycles. The Bertz CT molecular complexity index is 2360. The number of nitrogens with zero attached hydrogens (tertiary/aromatic N) is 2. The van der Waals surface area contributed by atoms with Crippen molar-refractivity contribution in [1.82, 2.24) is 9.97 Å². The molecule has 0 unspecified atom stereocenters. The summed E-state index contributed by atoms with van der Waals surface area (Å²) in [5, 5.41) is 3.59. The predicted molar refractivity (Wildman–Crippen MR) is 212 cm³/mol. The van der Waals surface area contributed by atoms with Crippen LogP contribution in [0.2, 0.25) is 19.6 Å². The van der Waals surface area contributed by atoms with Crippen molar-refractivity contribution < 1.29 is 24.5 Å². The second-order valence-corrected chi connectivity index (χ2v) is 19.0. The van der Waals surface area contributed by atoms with Crippen molar-refractivity contribution in [3.8, 4) is 44.8 Å². The van der Waals surface area contributed by atoms with Crippen LogP contribution in [-0.2, 0) is 20.1 Å². The zero-order chi connectivity index (χ0) is 34.7. The molecule has 5 heteroatoms. The van der Waals surface area contributed by atoms with Crippen molar-refractivity contribution in [2.75, 3.05) is 0 Å². The van der Waals surface area contributed by atoms with E-state index in [1.54, 1.807) is 0 Å². The standard InChI is InChI=1S/C32H24NO.C14H16NSi.Ir/c1-21(2)25-17-18-33-29(19-25)26-15-16-28-31(20-26)34-30-10-6-9-27(32(28)30)24-13-11-23(12-14-24)22-7-4-3-5-8-22;1-16(2,3)13-9-10-14(15-11-13)12-7-5-4-6-8-12;/h3-19,21H,1-2H3;4-7,9-11H,1-3H3;/q2*-1;. The number of benzene rings is 5. The van der Waals surface area contributed by atoms with Crippen molar-refractivity contribution in [2.24, 2.45) is 0 Å². The van der Waals surface area contributed by atoms with Gasteiger partial charge >= 0.3 is 0 Å². The molecule has 0 aliphatic heterocycles. The molecule has 3 heterocycles. The van der Waals surface area contributed by atoms with Crippen LogP contribution in [0.1, 0.15) is 25.3 Å². The summed E-state index contributed by atoms with van der Waals surface area (Å²) in [5.74, 6) is 0.451. The molecule has 0 saturated heterocycles. The average molecular weight is 857 g/mol. The number of aromatic nitrogens is 2. The summed E-state index contributed by atoms with van der Waals surface area (Å²) in [5.41, 5.74) is 11.6. The zero-order valence-corrected chi connectivity index (χ0v) is 33.0. The normalized spacial score (nSPS) is 11.3. The third kappa shape index (κ3) is 8.02. The molecule has 0 N–H and O–H groups in total. The van der Waals surface area contributed by atoms with Crippen LogP contribution in [0.15, 0.2) is 150 Å². The Morgan fingerprint density at radius 2 is 1.39 bits per heavy atom. The van der Waals surface area contributed by atoms with E-state index in [1.165, 1.54) is 27.4 Å². The van der Waals surface area contributed by atoms with Gasteiger partial charge in [0.2, 0.25) is 0 Å². The van der Waals surface area contributed by atoms with Gasteiger partial charge in [-0.2, -0.15) is 0 Å². The Hall–Kier alpha value is -4.93. The molecule has 0 saturated carbocycles. The van der Waals surface area contributed by atoms with E-state index in [4.69, 9.17) is 4.42 Å². The van der Waals surface area contributed by atoms with Crippen LogP contribution in [0.3, 0.4) is 0 Å². The van der Waals surface area contributed by atoms with E-state index in [0.29, 0.717) is 5.92 Å². The Kier molecular flexibility index (Phi) is 10.9. The zero-order valence-electron chi connectivity index (χ0n) is 29.6. The maximum atomic E-state index is 6.26. The van der Waals surface area contributed by atoms with Crippen LogP contribution in [-0.4, -0.2) is 18.0 Å². The molecule has 255 valence electrons. The van der Waals surface area contributed by atoms with E-state index in [-0.39, 0.29) is 20.1 Å². The molecule has 8 rings (SSSR count). The molecular formula is C46H40IrN2OSi-2. The SMILES string of the molecule is CC(C)c1ccnc(-c2[c-]c3oc4cccc(-c5ccc(-c6ccccc6)cc5)c4c3cc2)c1.C[Si](C)(C)c1ccc(-c2[c-]cccc2)nc1.[Ir]. The minimum Gasteiger partial charge on any atom is -0.477 e. The molecule has 0 fully saturated rings. The maximum absolute atomic E-state index is 6.26. The van der Waals surface area contributed by atoms with Gasteiger partial charge in [0.05, 0.1) is 13.7 Å². The molecule has 0 aliphatic carbocycles. The monoisotopic (exact) mass is 857 g/mol. The van der Waals surface area contributed by atoms with E-state index < -0.39 is 8.07 Å². The molecule has 51 heavy (non-hydrogen) atoms. The largest absolute Gasteiger partial charge is 0.477 e. The van der Waals surface area contributed by atoms with E-state index in [0.717, 1.165) is 50.0 Å². The molecular weight excluding hydrogens is 817 g/mol. The third-order valence-electron chi connectivity index (χ3n) is 9.06. The minimum atomic E-state index is -1.23. The van der Waals surface area contributed by atoms with E-state index >= 15 is 0 Å². The predicted octanol–water partition coefficient (Wildman–Crippen LogP) is 12.0. The van der Waals surface area contributed by atoms with Gasteiger partial charge in [0.15, 0.2) is 0 Å². The molecule has 0 aliphatic rings. The first-order valence-corrected chi connectivity index (χ1v) is 20.7. The summed E-state index contributed by atoms with van der Waals surface area (Å²) in [7, 11) is -1.23. The Morgan fingerprint density at radius 3 is 2.08 bits per heavy atom. The topological polar surface area (TPSA) is 38.9 Å². The molecule has 0 atom stereocenters. The first-order chi connectivity index (χ1) is 24.2. The number of fused-ring (bicyclic) bond motifs is 3. The molecule has 1 radical (unpaired) electrons. The molecule has 3 nitrogen and oxygen atoms in total. The molecule has 0 spiro atoms. The second kappa shape index (κ2) is 15.5. The summed E-state index contributed by atoms with van der Waals surface area (Å²) in [6.07, 6.45) is 3.89. The van der Waals surface area contributed by atoms with Crippen LogP contribution >= 0.6 is 0 Å².